The van der Waals surface area contributed by atoms with E-state index in [2.05, 4.69) is 23.8 Å². The largest absolute Gasteiger partial charge is 0.150 e. The zero-order chi connectivity index (χ0) is 10.5. The van der Waals surface area contributed by atoms with Gasteiger partial charge in [-0.3, -0.25) is 0 Å². The number of rotatable bonds is 6. The standard InChI is InChI=1S/C13H18S2/c1-2-3-4-5-6-7-12-8-11-9-14-10-13(11)15-12/h8-10H,2-7H2,1H3. The number of hydrogen-bond donors (Lipinski definition) is 0. The molecule has 2 heteroatoms. The molecular formula is C13H18S2. The van der Waals surface area contributed by atoms with E-state index in [0.717, 1.165) is 0 Å². The molecular weight excluding hydrogens is 220 g/mol. The quantitative estimate of drug-likeness (QED) is 0.585. The molecule has 82 valence electrons. The first kappa shape index (κ1) is 11.2. The Labute approximate surface area is 99.9 Å². The lowest BCUT2D eigenvalue weighted by atomic mass is 10.1. The van der Waals surface area contributed by atoms with Crippen molar-refractivity contribution in [2.24, 2.45) is 0 Å². The Morgan fingerprint density at radius 2 is 1.93 bits per heavy atom. The molecule has 0 saturated heterocycles. The number of hydrogen-bond acceptors (Lipinski definition) is 2. The molecule has 0 saturated carbocycles. The Bertz CT molecular complexity index is 369. The molecule has 0 unspecified atom stereocenters. The number of fused-ring (bicyclic) bond motifs is 1. The summed E-state index contributed by atoms with van der Waals surface area (Å²) in [6.07, 6.45) is 8.21. The minimum Gasteiger partial charge on any atom is -0.150 e. The topological polar surface area (TPSA) is 0 Å². The van der Waals surface area contributed by atoms with Crippen LogP contribution < -0.4 is 0 Å². The third-order valence-corrected chi connectivity index (χ3v) is 4.81. The Morgan fingerprint density at radius 1 is 1.07 bits per heavy atom. The molecule has 2 rings (SSSR count). The van der Waals surface area contributed by atoms with E-state index >= 15 is 0 Å². The zero-order valence-corrected chi connectivity index (χ0v) is 10.9. The van der Waals surface area contributed by atoms with Crippen molar-refractivity contribution < 1.29 is 0 Å². The average molecular weight is 238 g/mol. The second kappa shape index (κ2) is 5.66. The van der Waals surface area contributed by atoms with E-state index in [0.29, 0.717) is 0 Å². The molecule has 0 bridgehead atoms. The minimum absolute atomic E-state index is 1.29. The van der Waals surface area contributed by atoms with Gasteiger partial charge in [-0.2, -0.15) is 11.3 Å². The van der Waals surface area contributed by atoms with Crippen LogP contribution in [0.25, 0.3) is 10.1 Å². The van der Waals surface area contributed by atoms with Gasteiger partial charge in [0.15, 0.2) is 0 Å². The van der Waals surface area contributed by atoms with E-state index in [1.165, 1.54) is 48.6 Å². The van der Waals surface area contributed by atoms with Crippen molar-refractivity contribution in [3.05, 3.63) is 21.7 Å². The van der Waals surface area contributed by atoms with Crippen molar-refractivity contribution in [2.75, 3.05) is 0 Å². The molecule has 0 radical (unpaired) electrons. The molecule has 2 heterocycles. The zero-order valence-electron chi connectivity index (χ0n) is 9.29. The highest BCUT2D eigenvalue weighted by Gasteiger charge is 2.01. The van der Waals surface area contributed by atoms with Crippen LogP contribution >= 0.6 is 22.7 Å². The fourth-order valence-corrected chi connectivity index (χ4v) is 3.91. The Balaban J connectivity index is 1.77. The summed E-state index contributed by atoms with van der Waals surface area (Å²) >= 11 is 3.79. The van der Waals surface area contributed by atoms with Gasteiger partial charge >= 0.3 is 0 Å². The van der Waals surface area contributed by atoms with Gasteiger partial charge in [-0.05, 0) is 24.3 Å². The van der Waals surface area contributed by atoms with Crippen molar-refractivity contribution in [3.8, 4) is 0 Å². The molecule has 15 heavy (non-hydrogen) atoms. The predicted octanol–water partition coefficient (Wildman–Crippen LogP) is 5.48. The first-order chi connectivity index (χ1) is 7.40. The lowest BCUT2D eigenvalue weighted by Gasteiger charge is -1.97. The van der Waals surface area contributed by atoms with Gasteiger partial charge in [0.05, 0.1) is 0 Å². The first-order valence-corrected chi connectivity index (χ1v) is 7.60. The van der Waals surface area contributed by atoms with Gasteiger partial charge in [-0.25, -0.2) is 0 Å². The fraction of sp³-hybridized carbons (Fsp3) is 0.538. The normalized spacial score (nSPS) is 11.3. The SMILES string of the molecule is CCCCCCCc1cc2cscc2s1. The van der Waals surface area contributed by atoms with E-state index in [1.54, 1.807) is 4.88 Å². The van der Waals surface area contributed by atoms with Gasteiger partial charge < -0.3 is 0 Å². The molecule has 0 nitrogen and oxygen atoms in total. The molecule has 2 aromatic rings. The van der Waals surface area contributed by atoms with Crippen LogP contribution in [0, 0.1) is 0 Å². The Morgan fingerprint density at radius 3 is 2.73 bits per heavy atom. The van der Waals surface area contributed by atoms with E-state index in [9.17, 15) is 0 Å². The fourth-order valence-electron chi connectivity index (χ4n) is 1.85. The van der Waals surface area contributed by atoms with Gasteiger partial charge in [0, 0.05) is 20.3 Å². The predicted molar refractivity (Wildman–Crippen MR) is 72.2 cm³/mol. The molecule has 2 aromatic heterocycles. The number of aryl methyl sites for hydroxylation is 1. The van der Waals surface area contributed by atoms with Crippen LogP contribution in [-0.2, 0) is 6.42 Å². The first-order valence-electron chi connectivity index (χ1n) is 5.85. The van der Waals surface area contributed by atoms with Crippen LogP contribution in [0.4, 0.5) is 0 Å². The van der Waals surface area contributed by atoms with Gasteiger partial charge in [-0.15, -0.1) is 11.3 Å². The molecule has 0 atom stereocenters. The average Bonchev–Trinajstić information content (AvgIpc) is 2.77. The van der Waals surface area contributed by atoms with Crippen LogP contribution in [0.3, 0.4) is 0 Å². The second-order valence-corrected chi connectivity index (χ2v) is 5.98. The Hall–Kier alpha value is -0.340. The van der Waals surface area contributed by atoms with Crippen LogP contribution in [0.1, 0.15) is 43.9 Å². The van der Waals surface area contributed by atoms with E-state index in [-0.39, 0.29) is 0 Å². The van der Waals surface area contributed by atoms with E-state index in [4.69, 9.17) is 0 Å². The molecule has 0 spiro atoms. The summed E-state index contributed by atoms with van der Waals surface area (Å²) in [6, 6.07) is 2.37. The summed E-state index contributed by atoms with van der Waals surface area (Å²) < 4.78 is 1.48. The summed E-state index contributed by atoms with van der Waals surface area (Å²) in [6.45, 7) is 2.27. The van der Waals surface area contributed by atoms with Crippen molar-refractivity contribution in [2.45, 2.75) is 45.4 Å². The molecule has 0 fully saturated rings. The van der Waals surface area contributed by atoms with Crippen molar-refractivity contribution in [1.82, 2.24) is 0 Å². The Kier molecular flexibility index (Phi) is 4.21. The summed E-state index contributed by atoms with van der Waals surface area (Å²) in [5, 5.41) is 5.97. The third kappa shape index (κ3) is 3.05. The monoisotopic (exact) mass is 238 g/mol. The summed E-state index contributed by atoms with van der Waals surface area (Å²) in [5.41, 5.74) is 0. The van der Waals surface area contributed by atoms with Crippen LogP contribution in [-0.4, -0.2) is 0 Å². The number of thiophene rings is 2. The molecule has 0 aliphatic carbocycles. The maximum atomic E-state index is 2.37. The van der Waals surface area contributed by atoms with Gasteiger partial charge in [0.2, 0.25) is 0 Å². The highest BCUT2D eigenvalue weighted by atomic mass is 32.1. The van der Waals surface area contributed by atoms with Crippen molar-refractivity contribution >= 4 is 32.8 Å². The molecule has 0 N–H and O–H groups in total. The van der Waals surface area contributed by atoms with Crippen molar-refractivity contribution in [1.29, 1.82) is 0 Å². The smallest absolute Gasteiger partial charge is 0.0452 e. The van der Waals surface area contributed by atoms with Crippen LogP contribution in [0.2, 0.25) is 0 Å². The second-order valence-electron chi connectivity index (χ2n) is 4.07. The third-order valence-electron chi connectivity index (χ3n) is 2.74. The van der Waals surface area contributed by atoms with Gasteiger partial charge in [-0.1, -0.05) is 32.6 Å². The molecule has 0 aliphatic heterocycles. The van der Waals surface area contributed by atoms with Crippen LogP contribution in [0.5, 0.6) is 0 Å². The van der Waals surface area contributed by atoms with E-state index in [1.807, 2.05) is 22.7 Å². The lowest BCUT2D eigenvalue weighted by Crippen LogP contribution is -1.81. The van der Waals surface area contributed by atoms with Crippen molar-refractivity contribution in [3.63, 3.8) is 0 Å². The van der Waals surface area contributed by atoms with Gasteiger partial charge in [0.1, 0.15) is 0 Å². The maximum Gasteiger partial charge on any atom is 0.0452 e. The summed E-state index contributed by atoms with van der Waals surface area (Å²) in [5.74, 6) is 0. The lowest BCUT2D eigenvalue weighted by molar-refractivity contribution is 0.634. The molecule has 0 aliphatic rings. The highest BCUT2D eigenvalue weighted by molar-refractivity contribution is 7.22. The minimum atomic E-state index is 1.29. The van der Waals surface area contributed by atoms with Gasteiger partial charge in [0.25, 0.3) is 0 Å². The highest BCUT2D eigenvalue weighted by Crippen LogP contribution is 2.29. The number of unbranched alkanes of at least 4 members (excludes halogenated alkanes) is 4. The maximum absolute atomic E-state index is 2.37. The summed E-state index contributed by atoms with van der Waals surface area (Å²) in [7, 11) is 0. The molecule has 0 aromatic carbocycles. The summed E-state index contributed by atoms with van der Waals surface area (Å²) in [4.78, 5) is 1.57. The van der Waals surface area contributed by atoms with E-state index < -0.39 is 0 Å². The molecule has 0 amide bonds. The van der Waals surface area contributed by atoms with Crippen LogP contribution in [0.15, 0.2) is 16.8 Å².